The van der Waals surface area contributed by atoms with E-state index in [1.165, 1.54) is 6.92 Å². The number of ether oxygens (including phenoxy) is 1. The molecule has 0 aromatic carbocycles. The maximum absolute atomic E-state index is 12.5. The highest BCUT2D eigenvalue weighted by atomic mass is 19.4. The van der Waals surface area contributed by atoms with Crippen molar-refractivity contribution in [3.8, 4) is 0 Å². The smallest absolute Gasteiger partial charge is 0.316 e. The summed E-state index contributed by atoms with van der Waals surface area (Å²) in [6.45, 7) is -2.39. The number of rotatable bonds is 6. The summed E-state index contributed by atoms with van der Waals surface area (Å²) in [5.41, 5.74) is 0. The second-order valence-corrected chi connectivity index (χ2v) is 2.78. The van der Waals surface area contributed by atoms with Crippen molar-refractivity contribution >= 4 is 0 Å². The molecule has 92 valence electrons. The summed E-state index contributed by atoms with van der Waals surface area (Å²) in [4.78, 5) is 0. The molecule has 0 rings (SSSR count). The van der Waals surface area contributed by atoms with Gasteiger partial charge in [0.15, 0.2) is 6.67 Å². The normalized spacial score (nSPS) is 14.4. The Hall–Kier alpha value is -0.530. The molecule has 1 nitrogen and oxygen atoms in total. The second-order valence-electron chi connectivity index (χ2n) is 2.78. The molecule has 0 unspecified atom stereocenters. The number of hydrogen-bond acceptors (Lipinski definition) is 1. The van der Waals surface area contributed by atoms with Crippen LogP contribution in [0.2, 0.25) is 0 Å². The first-order chi connectivity index (χ1) is 6.62. The van der Waals surface area contributed by atoms with Crippen molar-refractivity contribution in [3.05, 3.63) is 0 Å². The van der Waals surface area contributed by atoms with Crippen LogP contribution in [0.1, 0.15) is 13.3 Å². The molecule has 0 aliphatic rings. The largest absolute Gasteiger partial charge is 0.425 e. The van der Waals surface area contributed by atoms with E-state index in [-0.39, 0.29) is 6.42 Å². The van der Waals surface area contributed by atoms with E-state index < -0.39 is 31.2 Å². The van der Waals surface area contributed by atoms with Crippen LogP contribution in [0.3, 0.4) is 0 Å². The van der Waals surface area contributed by atoms with Crippen molar-refractivity contribution in [2.75, 3.05) is 13.3 Å². The Morgan fingerprint density at radius 1 is 1.00 bits per heavy atom. The highest BCUT2D eigenvalue weighted by molar-refractivity contribution is 4.91. The molecule has 0 amide bonds. The molecule has 8 heteroatoms. The van der Waals surface area contributed by atoms with Crippen molar-refractivity contribution in [3.63, 3.8) is 0 Å². The molecule has 0 N–H and O–H groups in total. The molecule has 0 saturated carbocycles. The van der Waals surface area contributed by atoms with Gasteiger partial charge >= 0.3 is 18.0 Å². The zero-order chi connectivity index (χ0) is 12.3. The monoisotopic (exact) mass is 242 g/mol. The molecule has 0 aliphatic carbocycles. The molecular formula is C7H9F7O. The maximum atomic E-state index is 12.5. The van der Waals surface area contributed by atoms with Crippen LogP contribution in [0.25, 0.3) is 0 Å². The molecule has 0 radical (unpaired) electrons. The summed E-state index contributed by atoms with van der Waals surface area (Å²) in [5.74, 6) is -11.3. The SMILES string of the molecule is CCCOC(F)(F)C(F)(F)C(F)(F)CF. The highest BCUT2D eigenvalue weighted by Gasteiger charge is 2.73. The standard InChI is InChI=1S/C7H9F7O/c1-2-3-15-7(13,14)6(11,12)5(9,10)4-8/h2-4H2,1H3. The van der Waals surface area contributed by atoms with Gasteiger partial charge in [0.25, 0.3) is 0 Å². The van der Waals surface area contributed by atoms with Crippen LogP contribution in [-0.2, 0) is 4.74 Å². The number of alkyl halides is 7. The maximum Gasteiger partial charge on any atom is 0.425 e. The fourth-order valence-electron chi connectivity index (χ4n) is 0.618. The Kier molecular flexibility index (Phi) is 4.38. The molecule has 0 saturated heterocycles. The number of halogens is 7. The first-order valence-electron chi connectivity index (χ1n) is 3.95. The molecule has 0 heterocycles. The summed E-state index contributed by atoms with van der Waals surface area (Å²) >= 11 is 0. The van der Waals surface area contributed by atoms with Crippen LogP contribution in [-0.4, -0.2) is 31.2 Å². The minimum atomic E-state index is -5.87. The quantitative estimate of drug-likeness (QED) is 0.649. The zero-order valence-electron chi connectivity index (χ0n) is 7.68. The van der Waals surface area contributed by atoms with Crippen molar-refractivity contribution in [1.82, 2.24) is 0 Å². The molecule has 0 aliphatic heterocycles. The van der Waals surface area contributed by atoms with Crippen LogP contribution >= 0.6 is 0 Å². The van der Waals surface area contributed by atoms with E-state index in [2.05, 4.69) is 4.74 Å². The summed E-state index contributed by atoms with van der Waals surface area (Å²) in [6.07, 6.45) is -5.45. The molecule has 0 aromatic heterocycles. The first-order valence-corrected chi connectivity index (χ1v) is 3.95. The van der Waals surface area contributed by atoms with E-state index in [4.69, 9.17) is 0 Å². The third-order valence-corrected chi connectivity index (χ3v) is 1.48. The van der Waals surface area contributed by atoms with Crippen molar-refractivity contribution in [2.45, 2.75) is 31.3 Å². The topological polar surface area (TPSA) is 9.23 Å². The Balaban J connectivity index is 4.83. The van der Waals surface area contributed by atoms with Gasteiger partial charge in [-0.2, -0.15) is 26.3 Å². The van der Waals surface area contributed by atoms with Crippen LogP contribution < -0.4 is 0 Å². The van der Waals surface area contributed by atoms with Gasteiger partial charge in [-0.25, -0.2) is 4.39 Å². The molecule has 0 atom stereocenters. The van der Waals surface area contributed by atoms with Crippen LogP contribution in [0.5, 0.6) is 0 Å². The predicted octanol–water partition coefficient (Wildman–Crippen LogP) is 3.25. The zero-order valence-corrected chi connectivity index (χ0v) is 7.68. The first kappa shape index (κ1) is 14.5. The van der Waals surface area contributed by atoms with E-state index in [0.29, 0.717) is 0 Å². The van der Waals surface area contributed by atoms with Crippen LogP contribution in [0.4, 0.5) is 30.7 Å². The molecule has 0 bridgehead atoms. The van der Waals surface area contributed by atoms with Crippen molar-refractivity contribution in [2.24, 2.45) is 0 Å². The van der Waals surface area contributed by atoms with E-state index >= 15 is 0 Å². The van der Waals surface area contributed by atoms with Gasteiger partial charge in [-0.05, 0) is 6.42 Å². The lowest BCUT2D eigenvalue weighted by Crippen LogP contribution is -2.56. The third-order valence-electron chi connectivity index (χ3n) is 1.48. The summed E-state index contributed by atoms with van der Waals surface area (Å²) in [6, 6.07) is 0. The lowest BCUT2D eigenvalue weighted by Gasteiger charge is -2.30. The fraction of sp³-hybridized carbons (Fsp3) is 1.00. The molecule has 0 fully saturated rings. The lowest BCUT2D eigenvalue weighted by atomic mass is 10.1. The van der Waals surface area contributed by atoms with Crippen molar-refractivity contribution in [1.29, 1.82) is 0 Å². The molecule has 15 heavy (non-hydrogen) atoms. The van der Waals surface area contributed by atoms with Gasteiger partial charge in [0.2, 0.25) is 0 Å². The Morgan fingerprint density at radius 2 is 1.47 bits per heavy atom. The van der Waals surface area contributed by atoms with E-state index in [0.717, 1.165) is 0 Å². The van der Waals surface area contributed by atoms with E-state index in [1.807, 2.05) is 0 Å². The Labute approximate surface area is 81.2 Å². The van der Waals surface area contributed by atoms with Gasteiger partial charge in [-0.15, -0.1) is 0 Å². The van der Waals surface area contributed by atoms with Gasteiger partial charge in [0.1, 0.15) is 0 Å². The third kappa shape index (κ3) is 2.73. The number of hydrogen-bond donors (Lipinski definition) is 0. The average molecular weight is 242 g/mol. The van der Waals surface area contributed by atoms with Crippen LogP contribution in [0.15, 0.2) is 0 Å². The van der Waals surface area contributed by atoms with E-state index in [9.17, 15) is 30.7 Å². The second kappa shape index (κ2) is 4.54. The van der Waals surface area contributed by atoms with Crippen LogP contribution in [0, 0.1) is 0 Å². The van der Waals surface area contributed by atoms with Crippen molar-refractivity contribution < 1.29 is 35.5 Å². The van der Waals surface area contributed by atoms with Gasteiger partial charge in [-0.1, -0.05) is 6.92 Å². The predicted molar refractivity (Wildman–Crippen MR) is 37.1 cm³/mol. The average Bonchev–Trinajstić information content (AvgIpc) is 2.14. The molecular weight excluding hydrogens is 233 g/mol. The summed E-state index contributed by atoms with van der Waals surface area (Å²) in [5, 5.41) is 0. The fourth-order valence-corrected chi connectivity index (χ4v) is 0.618. The summed E-state index contributed by atoms with van der Waals surface area (Å²) < 4.78 is 88.9. The highest BCUT2D eigenvalue weighted by Crippen LogP contribution is 2.46. The van der Waals surface area contributed by atoms with Gasteiger partial charge in [0, 0.05) is 0 Å². The molecule has 0 spiro atoms. The van der Waals surface area contributed by atoms with Gasteiger partial charge < -0.3 is 4.74 Å². The minimum Gasteiger partial charge on any atom is -0.316 e. The Bertz CT molecular complexity index is 204. The van der Waals surface area contributed by atoms with Gasteiger partial charge in [-0.3, -0.25) is 0 Å². The lowest BCUT2D eigenvalue weighted by molar-refractivity contribution is -0.399. The van der Waals surface area contributed by atoms with E-state index in [1.54, 1.807) is 0 Å². The van der Waals surface area contributed by atoms with Gasteiger partial charge in [0.05, 0.1) is 6.61 Å². The summed E-state index contributed by atoms with van der Waals surface area (Å²) in [7, 11) is 0. The minimum absolute atomic E-state index is 0.0626. The Morgan fingerprint density at radius 3 is 1.80 bits per heavy atom. The molecule has 0 aromatic rings.